The number of thiophene rings is 1. The summed E-state index contributed by atoms with van der Waals surface area (Å²) in [5, 5.41) is 17.2. The van der Waals surface area contributed by atoms with Crippen molar-refractivity contribution in [2.45, 2.75) is 6.61 Å². The summed E-state index contributed by atoms with van der Waals surface area (Å²) in [5.74, 6) is 1.98. The Morgan fingerprint density at radius 1 is 1.07 bits per heavy atom. The maximum atomic E-state index is 9.29. The van der Waals surface area contributed by atoms with Gasteiger partial charge < -0.3 is 19.9 Å². The number of nitrogens with zero attached hydrogens (tertiary/aromatic N) is 3. The first-order valence-corrected chi connectivity index (χ1v) is 9.07. The molecule has 3 heterocycles. The summed E-state index contributed by atoms with van der Waals surface area (Å²) in [6, 6.07) is 13.2. The van der Waals surface area contributed by atoms with Gasteiger partial charge in [0, 0.05) is 16.6 Å². The van der Waals surface area contributed by atoms with E-state index in [1.54, 1.807) is 24.9 Å². The zero-order chi connectivity index (χ0) is 18.8. The Morgan fingerprint density at radius 2 is 1.93 bits per heavy atom. The molecule has 0 bridgehead atoms. The van der Waals surface area contributed by atoms with E-state index >= 15 is 0 Å². The van der Waals surface area contributed by atoms with Crippen molar-refractivity contribution in [3.05, 3.63) is 53.5 Å². The molecule has 0 aliphatic carbocycles. The van der Waals surface area contributed by atoms with E-state index in [0.717, 1.165) is 26.8 Å². The highest BCUT2D eigenvalue weighted by molar-refractivity contribution is 7.15. The molecule has 138 valence electrons. The van der Waals surface area contributed by atoms with Gasteiger partial charge in [-0.2, -0.15) is 0 Å². The van der Waals surface area contributed by atoms with Gasteiger partial charge in [0.25, 0.3) is 0 Å². The number of benzene rings is 1. The van der Waals surface area contributed by atoms with Gasteiger partial charge in [-0.05, 0) is 36.4 Å². The first kappa shape index (κ1) is 17.3. The van der Waals surface area contributed by atoms with Crippen LogP contribution in [-0.2, 0) is 6.61 Å². The number of hydrogen-bond donors (Lipinski definition) is 2. The number of aliphatic hydroxyl groups excluding tert-OH is 1. The SMILES string of the molecule is COc1ccc(Nc2ccc3ncc(-c4ccc(CO)s4)n3n2)cc1OC. The quantitative estimate of drug-likeness (QED) is 0.529. The first-order valence-electron chi connectivity index (χ1n) is 8.25. The lowest BCUT2D eigenvalue weighted by molar-refractivity contribution is 0.285. The van der Waals surface area contributed by atoms with Gasteiger partial charge in [-0.3, -0.25) is 0 Å². The molecule has 0 spiro atoms. The smallest absolute Gasteiger partial charge is 0.162 e. The second-order valence-electron chi connectivity index (χ2n) is 5.75. The number of aromatic nitrogens is 3. The van der Waals surface area contributed by atoms with Crippen LogP contribution < -0.4 is 14.8 Å². The Morgan fingerprint density at radius 3 is 2.67 bits per heavy atom. The molecule has 0 atom stereocenters. The normalized spacial score (nSPS) is 10.9. The molecular weight excluding hydrogens is 364 g/mol. The van der Waals surface area contributed by atoms with Crippen molar-refractivity contribution < 1.29 is 14.6 Å². The zero-order valence-electron chi connectivity index (χ0n) is 14.8. The molecule has 0 amide bonds. The average Bonchev–Trinajstić information content (AvgIpc) is 3.34. The number of fused-ring (bicyclic) bond motifs is 1. The van der Waals surface area contributed by atoms with E-state index in [1.165, 1.54) is 11.3 Å². The molecule has 0 saturated carbocycles. The minimum absolute atomic E-state index is 0.0287. The van der Waals surface area contributed by atoms with Crippen molar-refractivity contribution in [1.82, 2.24) is 14.6 Å². The number of ether oxygens (including phenoxy) is 2. The van der Waals surface area contributed by atoms with E-state index in [1.807, 2.05) is 42.5 Å². The fourth-order valence-electron chi connectivity index (χ4n) is 2.77. The van der Waals surface area contributed by atoms with Gasteiger partial charge in [-0.25, -0.2) is 9.50 Å². The van der Waals surface area contributed by atoms with Gasteiger partial charge in [0.1, 0.15) is 5.69 Å². The van der Waals surface area contributed by atoms with Crippen molar-refractivity contribution in [2.75, 3.05) is 19.5 Å². The Balaban J connectivity index is 1.68. The number of methoxy groups -OCH3 is 2. The fourth-order valence-corrected chi connectivity index (χ4v) is 3.63. The predicted octanol–water partition coefficient (Wildman–Crippen LogP) is 3.71. The number of rotatable bonds is 6. The number of hydrogen-bond acceptors (Lipinski definition) is 7. The van der Waals surface area contributed by atoms with Gasteiger partial charge >= 0.3 is 0 Å². The second-order valence-corrected chi connectivity index (χ2v) is 6.92. The molecule has 7 nitrogen and oxygen atoms in total. The highest BCUT2D eigenvalue weighted by Gasteiger charge is 2.11. The highest BCUT2D eigenvalue weighted by atomic mass is 32.1. The molecule has 8 heteroatoms. The highest BCUT2D eigenvalue weighted by Crippen LogP contribution is 2.32. The van der Waals surface area contributed by atoms with Crippen molar-refractivity contribution in [3.8, 4) is 22.1 Å². The molecule has 2 N–H and O–H groups in total. The van der Waals surface area contributed by atoms with Gasteiger partial charge in [0.15, 0.2) is 23.0 Å². The van der Waals surface area contributed by atoms with E-state index in [-0.39, 0.29) is 6.61 Å². The van der Waals surface area contributed by atoms with Crippen LogP contribution >= 0.6 is 11.3 Å². The van der Waals surface area contributed by atoms with Gasteiger partial charge in [0.05, 0.1) is 31.9 Å². The van der Waals surface area contributed by atoms with Crippen molar-refractivity contribution in [1.29, 1.82) is 0 Å². The topological polar surface area (TPSA) is 80.9 Å². The lowest BCUT2D eigenvalue weighted by atomic mass is 10.2. The summed E-state index contributed by atoms with van der Waals surface area (Å²) in [5.41, 5.74) is 2.47. The summed E-state index contributed by atoms with van der Waals surface area (Å²) in [4.78, 5) is 6.31. The Kier molecular flexibility index (Phi) is 4.66. The monoisotopic (exact) mass is 382 g/mol. The lowest BCUT2D eigenvalue weighted by Gasteiger charge is -2.11. The molecule has 0 saturated heterocycles. The Bertz CT molecular complexity index is 1090. The third-order valence-electron chi connectivity index (χ3n) is 4.09. The molecule has 0 aliphatic rings. The molecule has 0 unspecified atom stereocenters. The minimum Gasteiger partial charge on any atom is -0.493 e. The maximum absolute atomic E-state index is 9.29. The van der Waals surface area contributed by atoms with Crippen LogP contribution in [0.15, 0.2) is 48.7 Å². The van der Waals surface area contributed by atoms with Crippen LogP contribution in [0.2, 0.25) is 0 Å². The van der Waals surface area contributed by atoms with E-state index in [2.05, 4.69) is 15.4 Å². The molecule has 4 aromatic rings. The number of imidazole rings is 1. The van der Waals surface area contributed by atoms with Crippen LogP contribution in [0.5, 0.6) is 11.5 Å². The Labute approximate surface area is 159 Å². The summed E-state index contributed by atoms with van der Waals surface area (Å²) < 4.78 is 12.4. The number of aliphatic hydroxyl groups is 1. The number of anilines is 2. The summed E-state index contributed by atoms with van der Waals surface area (Å²) in [7, 11) is 3.21. The number of nitrogens with one attached hydrogen (secondary N) is 1. The van der Waals surface area contributed by atoms with E-state index in [0.29, 0.717) is 17.3 Å². The molecule has 0 aliphatic heterocycles. The molecule has 27 heavy (non-hydrogen) atoms. The van der Waals surface area contributed by atoms with Gasteiger partial charge in [-0.1, -0.05) is 0 Å². The zero-order valence-corrected chi connectivity index (χ0v) is 15.7. The van der Waals surface area contributed by atoms with Crippen LogP contribution in [0.1, 0.15) is 4.88 Å². The molecule has 0 radical (unpaired) electrons. The van der Waals surface area contributed by atoms with Crippen LogP contribution in [0.4, 0.5) is 11.5 Å². The largest absolute Gasteiger partial charge is 0.493 e. The third kappa shape index (κ3) is 3.32. The fraction of sp³-hybridized carbons (Fsp3) is 0.158. The Hall–Kier alpha value is -3.10. The minimum atomic E-state index is 0.0287. The van der Waals surface area contributed by atoms with Crippen LogP contribution in [0.25, 0.3) is 16.2 Å². The molecule has 3 aromatic heterocycles. The van der Waals surface area contributed by atoms with E-state index in [4.69, 9.17) is 9.47 Å². The molecule has 0 fully saturated rings. The molecular formula is C19H18N4O3S. The average molecular weight is 382 g/mol. The third-order valence-corrected chi connectivity index (χ3v) is 5.18. The van der Waals surface area contributed by atoms with Crippen LogP contribution in [-0.4, -0.2) is 33.9 Å². The van der Waals surface area contributed by atoms with E-state index in [9.17, 15) is 5.11 Å². The summed E-state index contributed by atoms with van der Waals surface area (Å²) in [6.45, 7) is 0.0287. The van der Waals surface area contributed by atoms with Crippen LogP contribution in [0, 0.1) is 0 Å². The first-order chi connectivity index (χ1) is 13.2. The van der Waals surface area contributed by atoms with Gasteiger partial charge in [-0.15, -0.1) is 16.4 Å². The lowest BCUT2D eigenvalue weighted by Crippen LogP contribution is -2.00. The standard InChI is InChI=1S/C19H18N4O3S/c1-25-15-5-3-12(9-16(15)26-2)21-18-7-8-19-20-10-14(23(19)22-18)17-6-4-13(11-24)27-17/h3-10,24H,11H2,1-2H3,(H,21,22). The van der Waals surface area contributed by atoms with Crippen molar-refractivity contribution >= 4 is 28.5 Å². The van der Waals surface area contributed by atoms with Crippen LogP contribution in [0.3, 0.4) is 0 Å². The maximum Gasteiger partial charge on any atom is 0.162 e. The van der Waals surface area contributed by atoms with Crippen molar-refractivity contribution in [2.24, 2.45) is 0 Å². The summed E-state index contributed by atoms with van der Waals surface area (Å²) >= 11 is 1.52. The molecule has 4 rings (SSSR count). The van der Waals surface area contributed by atoms with Gasteiger partial charge in [0.2, 0.25) is 0 Å². The van der Waals surface area contributed by atoms with E-state index < -0.39 is 0 Å². The van der Waals surface area contributed by atoms with Crippen molar-refractivity contribution in [3.63, 3.8) is 0 Å². The molecule has 1 aromatic carbocycles. The predicted molar refractivity (Wildman–Crippen MR) is 105 cm³/mol. The second kappa shape index (κ2) is 7.26. The summed E-state index contributed by atoms with van der Waals surface area (Å²) in [6.07, 6.45) is 1.79.